The van der Waals surface area contributed by atoms with Gasteiger partial charge >= 0.3 is 0 Å². The first-order valence-electron chi connectivity index (χ1n) is 10.0. The molecule has 0 radical (unpaired) electrons. The van der Waals surface area contributed by atoms with Crippen LogP contribution < -0.4 is 16.2 Å². The predicted octanol–water partition coefficient (Wildman–Crippen LogP) is 4.25. The molecular formula is C22H29N3O. The molecule has 1 saturated carbocycles. The van der Waals surface area contributed by atoms with E-state index >= 15 is 0 Å². The minimum absolute atomic E-state index is 0.146. The van der Waals surface area contributed by atoms with Gasteiger partial charge in [0.15, 0.2) is 0 Å². The Kier molecular flexibility index (Phi) is 5.11. The van der Waals surface area contributed by atoms with Crippen molar-refractivity contribution in [3.05, 3.63) is 41.5 Å². The van der Waals surface area contributed by atoms with Gasteiger partial charge in [-0.2, -0.15) is 0 Å². The van der Waals surface area contributed by atoms with E-state index in [0.717, 1.165) is 37.1 Å². The maximum absolute atomic E-state index is 6.47. The summed E-state index contributed by atoms with van der Waals surface area (Å²) in [6.07, 6.45) is 10.6. The van der Waals surface area contributed by atoms with Crippen LogP contribution in [0.1, 0.15) is 56.1 Å². The standard InChI is InChI=1S/C22H29N3O/c23-18-9-4-5-11-21(18)26-20-14-13-16(19-10-6-12-22(24)25-19)15-7-2-1-3-8-17(15)20/h6,10,12-14,18,21H,1-5,7-9,11,23H2,(H2,24,25). The molecule has 1 heterocycles. The number of nitrogens with two attached hydrogens (primary N) is 2. The van der Waals surface area contributed by atoms with Crippen molar-refractivity contribution in [2.24, 2.45) is 5.73 Å². The zero-order valence-corrected chi connectivity index (χ0v) is 15.4. The maximum atomic E-state index is 6.47. The zero-order valence-electron chi connectivity index (χ0n) is 15.4. The van der Waals surface area contributed by atoms with E-state index in [4.69, 9.17) is 16.2 Å². The highest BCUT2D eigenvalue weighted by molar-refractivity contribution is 5.69. The second kappa shape index (κ2) is 7.67. The molecule has 0 spiro atoms. The summed E-state index contributed by atoms with van der Waals surface area (Å²) in [7, 11) is 0. The fourth-order valence-corrected chi connectivity index (χ4v) is 4.40. The molecule has 1 fully saturated rings. The molecule has 2 aliphatic carbocycles. The van der Waals surface area contributed by atoms with E-state index in [1.54, 1.807) is 0 Å². The van der Waals surface area contributed by atoms with Gasteiger partial charge in [0.2, 0.25) is 0 Å². The van der Waals surface area contributed by atoms with Crippen LogP contribution in [-0.2, 0) is 12.8 Å². The molecule has 0 aliphatic heterocycles. The highest BCUT2D eigenvalue weighted by Crippen LogP contribution is 2.37. The highest BCUT2D eigenvalue weighted by Gasteiger charge is 2.26. The second-order valence-electron chi connectivity index (χ2n) is 7.68. The number of anilines is 1. The Labute approximate surface area is 156 Å². The van der Waals surface area contributed by atoms with Crippen molar-refractivity contribution in [1.29, 1.82) is 0 Å². The largest absolute Gasteiger partial charge is 0.489 e. The smallest absolute Gasteiger partial charge is 0.124 e. The lowest BCUT2D eigenvalue weighted by Crippen LogP contribution is -2.41. The SMILES string of the molecule is Nc1cccc(-c2ccc(OC3CCCCC3N)c3c2CCCCC3)n1. The molecule has 4 nitrogen and oxygen atoms in total. The number of fused-ring (bicyclic) bond motifs is 1. The average Bonchev–Trinajstić information content (AvgIpc) is 2.90. The molecule has 4 N–H and O–H groups in total. The number of aromatic nitrogens is 1. The molecule has 2 atom stereocenters. The van der Waals surface area contributed by atoms with Crippen LogP contribution in [0.25, 0.3) is 11.3 Å². The number of hydrogen-bond acceptors (Lipinski definition) is 4. The highest BCUT2D eigenvalue weighted by atomic mass is 16.5. The van der Waals surface area contributed by atoms with E-state index in [1.807, 2.05) is 12.1 Å². The van der Waals surface area contributed by atoms with Gasteiger partial charge in [0.05, 0.1) is 5.69 Å². The Morgan fingerprint density at radius 1 is 0.885 bits per heavy atom. The average molecular weight is 351 g/mol. The van der Waals surface area contributed by atoms with E-state index in [2.05, 4.69) is 23.2 Å². The number of ether oxygens (including phenoxy) is 1. The third-order valence-electron chi connectivity index (χ3n) is 5.82. The molecule has 26 heavy (non-hydrogen) atoms. The Balaban J connectivity index is 1.72. The van der Waals surface area contributed by atoms with Gasteiger partial charge < -0.3 is 16.2 Å². The summed E-state index contributed by atoms with van der Waals surface area (Å²) in [4.78, 5) is 4.56. The number of benzene rings is 1. The molecule has 2 unspecified atom stereocenters. The first-order chi connectivity index (χ1) is 12.7. The third-order valence-corrected chi connectivity index (χ3v) is 5.82. The van der Waals surface area contributed by atoms with Crippen molar-refractivity contribution in [3.8, 4) is 17.0 Å². The summed E-state index contributed by atoms with van der Waals surface area (Å²) < 4.78 is 6.47. The molecule has 2 aromatic rings. The monoisotopic (exact) mass is 351 g/mol. The topological polar surface area (TPSA) is 74.2 Å². The lowest BCUT2D eigenvalue weighted by atomic mass is 9.92. The Morgan fingerprint density at radius 2 is 1.69 bits per heavy atom. The van der Waals surface area contributed by atoms with E-state index in [0.29, 0.717) is 5.82 Å². The summed E-state index contributed by atoms with van der Waals surface area (Å²) in [5.41, 5.74) is 17.2. The molecule has 2 aliphatic rings. The minimum Gasteiger partial charge on any atom is -0.489 e. The van der Waals surface area contributed by atoms with E-state index in [9.17, 15) is 0 Å². The van der Waals surface area contributed by atoms with Crippen molar-refractivity contribution in [2.75, 3.05) is 5.73 Å². The molecule has 4 rings (SSSR count). The van der Waals surface area contributed by atoms with Gasteiger partial charge in [0.1, 0.15) is 17.7 Å². The number of nitrogens with zero attached hydrogens (tertiary/aromatic N) is 1. The van der Waals surface area contributed by atoms with Crippen LogP contribution in [0.3, 0.4) is 0 Å². The van der Waals surface area contributed by atoms with E-state index in [-0.39, 0.29) is 12.1 Å². The van der Waals surface area contributed by atoms with Gasteiger partial charge in [-0.3, -0.25) is 0 Å². The van der Waals surface area contributed by atoms with Crippen molar-refractivity contribution in [1.82, 2.24) is 4.98 Å². The van der Waals surface area contributed by atoms with Gasteiger partial charge in [-0.1, -0.05) is 18.9 Å². The molecule has 0 bridgehead atoms. The van der Waals surface area contributed by atoms with Crippen molar-refractivity contribution < 1.29 is 4.74 Å². The molecule has 138 valence electrons. The van der Waals surface area contributed by atoms with Gasteiger partial charge in [0.25, 0.3) is 0 Å². The summed E-state index contributed by atoms with van der Waals surface area (Å²) in [5.74, 6) is 1.61. The molecular weight excluding hydrogens is 322 g/mol. The van der Waals surface area contributed by atoms with Crippen molar-refractivity contribution >= 4 is 5.82 Å². The van der Waals surface area contributed by atoms with Crippen LogP contribution in [0.15, 0.2) is 30.3 Å². The van der Waals surface area contributed by atoms with Crippen LogP contribution in [0.5, 0.6) is 5.75 Å². The van der Waals surface area contributed by atoms with Crippen LogP contribution >= 0.6 is 0 Å². The van der Waals surface area contributed by atoms with E-state index < -0.39 is 0 Å². The van der Waals surface area contributed by atoms with Gasteiger partial charge in [-0.15, -0.1) is 0 Å². The number of pyridine rings is 1. The fourth-order valence-electron chi connectivity index (χ4n) is 4.40. The summed E-state index contributed by atoms with van der Waals surface area (Å²) in [6.45, 7) is 0. The molecule has 0 amide bonds. The van der Waals surface area contributed by atoms with Crippen molar-refractivity contribution in [3.63, 3.8) is 0 Å². The predicted molar refractivity (Wildman–Crippen MR) is 106 cm³/mol. The molecule has 1 aromatic carbocycles. The number of hydrogen-bond donors (Lipinski definition) is 2. The molecule has 1 aromatic heterocycles. The van der Waals surface area contributed by atoms with Crippen LogP contribution in [0.2, 0.25) is 0 Å². The van der Waals surface area contributed by atoms with Crippen LogP contribution in [0, 0.1) is 0 Å². The quantitative estimate of drug-likeness (QED) is 0.811. The Morgan fingerprint density at radius 3 is 2.50 bits per heavy atom. The second-order valence-corrected chi connectivity index (χ2v) is 7.68. The lowest BCUT2D eigenvalue weighted by Gasteiger charge is -2.30. The third kappa shape index (κ3) is 3.56. The minimum atomic E-state index is 0.146. The van der Waals surface area contributed by atoms with Gasteiger partial charge in [-0.05, 0) is 80.3 Å². The summed E-state index contributed by atoms with van der Waals surface area (Å²) in [5, 5.41) is 0. The first-order valence-corrected chi connectivity index (χ1v) is 10.0. The van der Waals surface area contributed by atoms with Crippen LogP contribution in [0.4, 0.5) is 5.82 Å². The van der Waals surface area contributed by atoms with Gasteiger partial charge in [-0.25, -0.2) is 4.98 Å². The Bertz CT molecular complexity index is 774. The summed E-state index contributed by atoms with van der Waals surface area (Å²) in [6, 6.07) is 10.3. The molecule has 4 heteroatoms. The van der Waals surface area contributed by atoms with Gasteiger partial charge in [0, 0.05) is 11.6 Å². The maximum Gasteiger partial charge on any atom is 0.124 e. The first kappa shape index (κ1) is 17.3. The number of rotatable bonds is 3. The Hall–Kier alpha value is -2.07. The zero-order chi connectivity index (χ0) is 17.9. The number of nitrogen functional groups attached to an aromatic ring is 1. The molecule has 0 saturated heterocycles. The summed E-state index contributed by atoms with van der Waals surface area (Å²) >= 11 is 0. The lowest BCUT2D eigenvalue weighted by molar-refractivity contribution is 0.131. The normalized spacial score (nSPS) is 23.1. The fraction of sp³-hybridized carbons (Fsp3) is 0.500. The van der Waals surface area contributed by atoms with Crippen molar-refractivity contribution in [2.45, 2.75) is 69.9 Å². The van der Waals surface area contributed by atoms with E-state index in [1.165, 1.54) is 48.8 Å². The van der Waals surface area contributed by atoms with Crippen LogP contribution in [-0.4, -0.2) is 17.1 Å².